The van der Waals surface area contributed by atoms with Crippen LogP contribution in [0.4, 0.5) is 0 Å². The Morgan fingerprint density at radius 2 is 1.92 bits per heavy atom. The predicted octanol–water partition coefficient (Wildman–Crippen LogP) is 3.80. The number of hydrogen-bond donors (Lipinski definition) is 0. The van der Waals surface area contributed by atoms with Gasteiger partial charge in [0.2, 0.25) is 0 Å². The van der Waals surface area contributed by atoms with Gasteiger partial charge in [-0.15, -0.1) is 0 Å². The first-order valence-corrected chi connectivity index (χ1v) is 8.22. The fourth-order valence-corrected chi connectivity index (χ4v) is 2.37. The molecule has 0 fully saturated rings. The molecule has 132 valence electrons. The van der Waals surface area contributed by atoms with Crippen LogP contribution in [0, 0.1) is 0 Å². The van der Waals surface area contributed by atoms with Gasteiger partial charge in [0.05, 0.1) is 5.69 Å². The van der Waals surface area contributed by atoms with E-state index >= 15 is 0 Å². The van der Waals surface area contributed by atoms with E-state index in [2.05, 4.69) is 42.0 Å². The minimum Gasteiger partial charge on any atom is -0.489 e. The van der Waals surface area contributed by atoms with Crippen LogP contribution in [0.2, 0.25) is 0 Å². The summed E-state index contributed by atoms with van der Waals surface area (Å²) in [5.74, 6) is 1.55. The monoisotopic (exact) mass is 339 g/mol. The molecule has 5 heteroatoms. The summed E-state index contributed by atoms with van der Waals surface area (Å²) in [5.41, 5.74) is 2.06. The summed E-state index contributed by atoms with van der Waals surface area (Å²) >= 11 is 0. The van der Waals surface area contributed by atoms with Gasteiger partial charge < -0.3 is 9.47 Å². The molecule has 0 aliphatic carbocycles. The van der Waals surface area contributed by atoms with Crippen molar-refractivity contribution < 1.29 is 9.47 Å². The van der Waals surface area contributed by atoms with Crippen LogP contribution in [0.15, 0.2) is 62.1 Å². The van der Waals surface area contributed by atoms with Crippen LogP contribution in [0.3, 0.4) is 0 Å². The second kappa shape index (κ2) is 9.59. The molecule has 0 amide bonds. The van der Waals surface area contributed by atoms with Crippen molar-refractivity contribution in [3.8, 4) is 11.5 Å². The highest BCUT2D eigenvalue weighted by Crippen LogP contribution is 2.28. The van der Waals surface area contributed by atoms with Crippen molar-refractivity contribution in [3.63, 3.8) is 0 Å². The standard InChI is InChI=1S/C20H25N3O2/c1-5-11-24-18-8-7-17(20(13-18)25-12-6-2)14-23(4)16(3)19-9-10-21-15-22-19/h5-10,13,15-16H,1-2,11-12,14H2,3-4H3/t16-/m0/s1. The van der Waals surface area contributed by atoms with Crippen molar-refractivity contribution in [1.29, 1.82) is 0 Å². The number of aromatic nitrogens is 2. The predicted molar refractivity (Wildman–Crippen MR) is 99.7 cm³/mol. The average molecular weight is 339 g/mol. The zero-order valence-electron chi connectivity index (χ0n) is 14.9. The van der Waals surface area contributed by atoms with Crippen molar-refractivity contribution in [3.05, 3.63) is 73.4 Å². The molecule has 2 rings (SSSR count). The molecule has 0 bridgehead atoms. The fourth-order valence-electron chi connectivity index (χ4n) is 2.37. The molecule has 1 heterocycles. The summed E-state index contributed by atoms with van der Waals surface area (Å²) in [6, 6.07) is 7.98. The van der Waals surface area contributed by atoms with Crippen molar-refractivity contribution in [2.24, 2.45) is 0 Å². The molecule has 0 spiro atoms. The topological polar surface area (TPSA) is 47.5 Å². The molecule has 0 aliphatic rings. The summed E-state index contributed by atoms with van der Waals surface area (Å²) in [5, 5.41) is 0. The number of nitrogens with zero attached hydrogens (tertiary/aromatic N) is 3. The Kier molecular flexibility index (Phi) is 7.16. The number of rotatable bonds is 10. The molecule has 0 radical (unpaired) electrons. The van der Waals surface area contributed by atoms with Gasteiger partial charge in [0.15, 0.2) is 0 Å². The van der Waals surface area contributed by atoms with Crippen LogP contribution in [0.25, 0.3) is 0 Å². The number of hydrogen-bond acceptors (Lipinski definition) is 5. The molecule has 1 aromatic carbocycles. The van der Waals surface area contributed by atoms with Gasteiger partial charge in [-0.2, -0.15) is 0 Å². The Bertz CT molecular complexity index is 689. The van der Waals surface area contributed by atoms with E-state index in [1.807, 2.05) is 24.3 Å². The lowest BCUT2D eigenvalue weighted by Gasteiger charge is -2.25. The average Bonchev–Trinajstić information content (AvgIpc) is 2.66. The van der Waals surface area contributed by atoms with E-state index in [0.29, 0.717) is 13.2 Å². The quantitative estimate of drug-likeness (QED) is 0.616. The summed E-state index contributed by atoms with van der Waals surface area (Å²) in [6.07, 6.45) is 6.78. The highest BCUT2D eigenvalue weighted by Gasteiger charge is 2.15. The minimum atomic E-state index is 0.159. The van der Waals surface area contributed by atoms with Gasteiger partial charge in [-0.3, -0.25) is 4.90 Å². The second-order valence-corrected chi connectivity index (χ2v) is 5.69. The van der Waals surface area contributed by atoms with Gasteiger partial charge in [0, 0.05) is 30.4 Å². The smallest absolute Gasteiger partial charge is 0.127 e. The molecule has 0 saturated carbocycles. The van der Waals surface area contributed by atoms with Crippen LogP contribution in [-0.2, 0) is 6.54 Å². The third-order valence-corrected chi connectivity index (χ3v) is 3.88. The lowest BCUT2D eigenvalue weighted by molar-refractivity contribution is 0.242. The van der Waals surface area contributed by atoms with Crippen molar-refractivity contribution in [2.45, 2.75) is 19.5 Å². The van der Waals surface area contributed by atoms with E-state index in [0.717, 1.165) is 29.3 Å². The van der Waals surface area contributed by atoms with Crippen molar-refractivity contribution in [1.82, 2.24) is 14.9 Å². The van der Waals surface area contributed by atoms with Crippen molar-refractivity contribution in [2.75, 3.05) is 20.3 Å². The molecule has 0 unspecified atom stereocenters. The largest absolute Gasteiger partial charge is 0.489 e. The second-order valence-electron chi connectivity index (χ2n) is 5.69. The summed E-state index contributed by atoms with van der Waals surface area (Å²) in [7, 11) is 2.06. The Morgan fingerprint density at radius 3 is 2.60 bits per heavy atom. The van der Waals surface area contributed by atoms with Gasteiger partial charge in [-0.1, -0.05) is 31.4 Å². The van der Waals surface area contributed by atoms with E-state index in [9.17, 15) is 0 Å². The van der Waals surface area contributed by atoms with E-state index in [4.69, 9.17) is 9.47 Å². The van der Waals surface area contributed by atoms with Crippen LogP contribution < -0.4 is 9.47 Å². The third-order valence-electron chi connectivity index (χ3n) is 3.88. The first-order valence-electron chi connectivity index (χ1n) is 8.22. The van der Waals surface area contributed by atoms with E-state index < -0.39 is 0 Å². The molecule has 0 N–H and O–H groups in total. The van der Waals surface area contributed by atoms with Crippen LogP contribution in [-0.4, -0.2) is 35.1 Å². The molecule has 0 saturated heterocycles. The van der Waals surface area contributed by atoms with Gasteiger partial charge in [-0.25, -0.2) is 9.97 Å². The van der Waals surface area contributed by atoms with Crippen LogP contribution >= 0.6 is 0 Å². The summed E-state index contributed by atoms with van der Waals surface area (Å²) < 4.78 is 11.4. The van der Waals surface area contributed by atoms with Gasteiger partial charge in [0.1, 0.15) is 31.0 Å². The Balaban J connectivity index is 2.15. The van der Waals surface area contributed by atoms with Crippen LogP contribution in [0.5, 0.6) is 11.5 Å². The van der Waals surface area contributed by atoms with Crippen molar-refractivity contribution >= 4 is 0 Å². The maximum Gasteiger partial charge on any atom is 0.127 e. The molecule has 2 aromatic rings. The minimum absolute atomic E-state index is 0.159. The van der Waals surface area contributed by atoms with E-state index in [-0.39, 0.29) is 6.04 Å². The highest BCUT2D eigenvalue weighted by molar-refractivity contribution is 5.41. The van der Waals surface area contributed by atoms with E-state index in [1.54, 1.807) is 24.7 Å². The maximum absolute atomic E-state index is 5.82. The summed E-state index contributed by atoms with van der Waals surface area (Å²) in [6.45, 7) is 11.1. The Morgan fingerprint density at radius 1 is 1.16 bits per heavy atom. The molecular weight excluding hydrogens is 314 g/mol. The Hall–Kier alpha value is -2.66. The SMILES string of the molecule is C=CCOc1ccc(CN(C)[C@@H](C)c2ccncn2)c(OCC=C)c1. The fraction of sp³-hybridized carbons (Fsp3) is 0.300. The van der Waals surface area contributed by atoms with Gasteiger partial charge in [0.25, 0.3) is 0 Å². The molecule has 1 aromatic heterocycles. The normalized spacial score (nSPS) is 11.8. The Labute approximate surface area is 149 Å². The number of benzene rings is 1. The molecule has 1 atom stereocenters. The van der Waals surface area contributed by atoms with E-state index in [1.165, 1.54) is 0 Å². The first kappa shape index (κ1) is 18.7. The lowest BCUT2D eigenvalue weighted by Crippen LogP contribution is -2.23. The molecular formula is C20H25N3O2. The highest BCUT2D eigenvalue weighted by atomic mass is 16.5. The molecule has 0 aliphatic heterocycles. The lowest BCUT2D eigenvalue weighted by atomic mass is 10.1. The first-order chi connectivity index (χ1) is 12.2. The van der Waals surface area contributed by atoms with Gasteiger partial charge in [-0.05, 0) is 26.1 Å². The maximum atomic E-state index is 5.82. The zero-order valence-corrected chi connectivity index (χ0v) is 14.9. The summed E-state index contributed by atoms with van der Waals surface area (Å²) in [4.78, 5) is 10.5. The number of ether oxygens (including phenoxy) is 2. The van der Waals surface area contributed by atoms with Crippen LogP contribution in [0.1, 0.15) is 24.2 Å². The zero-order chi connectivity index (χ0) is 18.1. The third kappa shape index (κ3) is 5.43. The molecule has 5 nitrogen and oxygen atoms in total. The molecule has 25 heavy (non-hydrogen) atoms. The van der Waals surface area contributed by atoms with Gasteiger partial charge >= 0.3 is 0 Å².